The van der Waals surface area contributed by atoms with Gasteiger partial charge in [-0.05, 0) is 55.7 Å². The standard InChI is InChI=1S/C16H36N2S/c1-6-19-12-9-16(13-17)18(10-7-14(2)3)11-8-15(4)5/h14-16H,6-13,17H2,1-5H3. The lowest BCUT2D eigenvalue weighted by atomic mass is 10.1. The van der Waals surface area contributed by atoms with Gasteiger partial charge in [-0.15, -0.1) is 0 Å². The Labute approximate surface area is 125 Å². The maximum Gasteiger partial charge on any atom is 0.0226 e. The number of thioether (sulfide) groups is 1. The number of nitrogens with two attached hydrogens (primary N) is 1. The van der Waals surface area contributed by atoms with Crippen LogP contribution < -0.4 is 5.73 Å². The number of hydrogen-bond donors (Lipinski definition) is 1. The minimum atomic E-state index is 0.580. The molecule has 116 valence electrons. The van der Waals surface area contributed by atoms with E-state index in [-0.39, 0.29) is 0 Å². The van der Waals surface area contributed by atoms with Gasteiger partial charge in [0, 0.05) is 12.6 Å². The summed E-state index contributed by atoms with van der Waals surface area (Å²) in [6, 6.07) is 0.580. The predicted octanol–water partition coefficient (Wildman–Crippen LogP) is 3.85. The van der Waals surface area contributed by atoms with Crippen molar-refractivity contribution < 1.29 is 0 Å². The number of nitrogens with zero attached hydrogens (tertiary/aromatic N) is 1. The Morgan fingerprint density at radius 1 is 0.947 bits per heavy atom. The summed E-state index contributed by atoms with van der Waals surface area (Å²) in [5, 5.41) is 0. The molecule has 0 spiro atoms. The lowest BCUT2D eigenvalue weighted by Crippen LogP contribution is -2.42. The van der Waals surface area contributed by atoms with Crippen LogP contribution in [0.2, 0.25) is 0 Å². The smallest absolute Gasteiger partial charge is 0.0226 e. The molecule has 0 amide bonds. The molecular weight excluding hydrogens is 252 g/mol. The van der Waals surface area contributed by atoms with Crippen LogP contribution in [0.15, 0.2) is 0 Å². The van der Waals surface area contributed by atoms with Crippen LogP contribution in [0.25, 0.3) is 0 Å². The molecule has 0 saturated carbocycles. The quantitative estimate of drug-likeness (QED) is 0.553. The van der Waals surface area contributed by atoms with Crippen LogP contribution in [0.5, 0.6) is 0 Å². The first-order valence-electron chi connectivity index (χ1n) is 8.03. The second-order valence-corrected chi connectivity index (χ2v) is 7.67. The Kier molecular flexibility index (Phi) is 12.2. The number of hydrogen-bond acceptors (Lipinski definition) is 3. The Hall–Kier alpha value is 0.270. The van der Waals surface area contributed by atoms with Crippen LogP contribution in [0, 0.1) is 11.8 Å². The van der Waals surface area contributed by atoms with E-state index in [1.165, 1.54) is 43.9 Å². The Morgan fingerprint density at radius 3 is 1.84 bits per heavy atom. The molecule has 0 aliphatic carbocycles. The molecule has 0 aliphatic rings. The van der Waals surface area contributed by atoms with Crippen molar-refractivity contribution >= 4 is 11.8 Å². The van der Waals surface area contributed by atoms with Gasteiger partial charge < -0.3 is 5.73 Å². The largest absolute Gasteiger partial charge is 0.329 e. The van der Waals surface area contributed by atoms with E-state index in [1.807, 2.05) is 11.8 Å². The summed E-state index contributed by atoms with van der Waals surface area (Å²) >= 11 is 2.04. The van der Waals surface area contributed by atoms with E-state index in [0.29, 0.717) is 6.04 Å². The molecular formula is C16H36N2S. The normalized spacial score (nSPS) is 13.7. The molecule has 0 heterocycles. The van der Waals surface area contributed by atoms with Crippen molar-refractivity contribution in [1.29, 1.82) is 0 Å². The highest BCUT2D eigenvalue weighted by Gasteiger charge is 2.17. The van der Waals surface area contributed by atoms with Crippen LogP contribution in [0.3, 0.4) is 0 Å². The van der Waals surface area contributed by atoms with Gasteiger partial charge in [-0.1, -0.05) is 34.6 Å². The summed E-state index contributed by atoms with van der Waals surface area (Å²) in [6.45, 7) is 14.7. The van der Waals surface area contributed by atoms with Gasteiger partial charge in [0.05, 0.1) is 0 Å². The summed E-state index contributed by atoms with van der Waals surface area (Å²) in [5.74, 6) is 4.03. The Morgan fingerprint density at radius 2 is 1.47 bits per heavy atom. The minimum absolute atomic E-state index is 0.580. The zero-order valence-corrected chi connectivity index (χ0v) is 14.6. The molecule has 0 saturated heterocycles. The summed E-state index contributed by atoms with van der Waals surface area (Å²) in [6.07, 6.45) is 3.82. The molecule has 2 nitrogen and oxygen atoms in total. The molecule has 1 unspecified atom stereocenters. The summed E-state index contributed by atoms with van der Waals surface area (Å²) in [7, 11) is 0. The third kappa shape index (κ3) is 10.7. The molecule has 0 aromatic carbocycles. The SMILES string of the molecule is CCSCCC(CN)N(CCC(C)C)CCC(C)C. The van der Waals surface area contributed by atoms with E-state index in [0.717, 1.165) is 18.4 Å². The maximum absolute atomic E-state index is 6.02. The molecule has 0 aliphatic heterocycles. The zero-order valence-electron chi connectivity index (χ0n) is 13.8. The van der Waals surface area contributed by atoms with Gasteiger partial charge in [0.15, 0.2) is 0 Å². The van der Waals surface area contributed by atoms with Gasteiger partial charge in [-0.25, -0.2) is 0 Å². The minimum Gasteiger partial charge on any atom is -0.329 e. The average molecular weight is 289 g/mol. The van der Waals surface area contributed by atoms with E-state index in [4.69, 9.17) is 5.73 Å². The van der Waals surface area contributed by atoms with Gasteiger partial charge in [0.25, 0.3) is 0 Å². The summed E-state index contributed by atoms with van der Waals surface area (Å²) < 4.78 is 0. The molecule has 19 heavy (non-hydrogen) atoms. The highest BCUT2D eigenvalue weighted by atomic mass is 32.2. The summed E-state index contributed by atoms with van der Waals surface area (Å²) in [4.78, 5) is 2.65. The van der Waals surface area contributed by atoms with E-state index in [1.54, 1.807) is 0 Å². The van der Waals surface area contributed by atoms with Crippen LogP contribution in [0.1, 0.15) is 53.9 Å². The van der Waals surface area contributed by atoms with E-state index in [2.05, 4.69) is 39.5 Å². The monoisotopic (exact) mass is 288 g/mol. The van der Waals surface area contributed by atoms with Gasteiger partial charge in [-0.3, -0.25) is 4.90 Å². The van der Waals surface area contributed by atoms with Crippen LogP contribution in [0.4, 0.5) is 0 Å². The fraction of sp³-hybridized carbons (Fsp3) is 1.00. The average Bonchev–Trinajstić information content (AvgIpc) is 2.35. The van der Waals surface area contributed by atoms with Crippen molar-refractivity contribution in [2.24, 2.45) is 17.6 Å². The maximum atomic E-state index is 6.02. The van der Waals surface area contributed by atoms with Crippen molar-refractivity contribution in [2.75, 3.05) is 31.1 Å². The van der Waals surface area contributed by atoms with Gasteiger partial charge in [0.2, 0.25) is 0 Å². The van der Waals surface area contributed by atoms with Crippen LogP contribution in [-0.4, -0.2) is 42.1 Å². The summed E-state index contributed by atoms with van der Waals surface area (Å²) in [5.41, 5.74) is 6.02. The van der Waals surface area contributed by atoms with E-state index >= 15 is 0 Å². The van der Waals surface area contributed by atoms with Crippen molar-refractivity contribution in [1.82, 2.24) is 4.90 Å². The highest BCUT2D eigenvalue weighted by Crippen LogP contribution is 2.14. The lowest BCUT2D eigenvalue weighted by Gasteiger charge is -2.32. The van der Waals surface area contributed by atoms with Gasteiger partial charge >= 0.3 is 0 Å². The third-order valence-electron chi connectivity index (χ3n) is 3.58. The fourth-order valence-corrected chi connectivity index (χ4v) is 2.87. The molecule has 0 aromatic heterocycles. The topological polar surface area (TPSA) is 29.3 Å². The molecule has 1 atom stereocenters. The van der Waals surface area contributed by atoms with Crippen molar-refractivity contribution in [3.63, 3.8) is 0 Å². The first-order chi connectivity index (χ1) is 9.01. The van der Waals surface area contributed by atoms with Crippen LogP contribution in [-0.2, 0) is 0 Å². The molecule has 0 rings (SSSR count). The second kappa shape index (κ2) is 12.0. The molecule has 0 fully saturated rings. The molecule has 2 N–H and O–H groups in total. The first-order valence-corrected chi connectivity index (χ1v) is 9.18. The third-order valence-corrected chi connectivity index (χ3v) is 4.51. The predicted molar refractivity (Wildman–Crippen MR) is 90.9 cm³/mol. The molecule has 0 aromatic rings. The molecule has 3 heteroatoms. The molecule has 0 bridgehead atoms. The van der Waals surface area contributed by atoms with E-state index < -0.39 is 0 Å². The van der Waals surface area contributed by atoms with Crippen molar-refractivity contribution in [2.45, 2.75) is 59.9 Å². The van der Waals surface area contributed by atoms with E-state index in [9.17, 15) is 0 Å². The Balaban J connectivity index is 4.29. The zero-order chi connectivity index (χ0) is 14.7. The molecule has 0 radical (unpaired) electrons. The van der Waals surface area contributed by atoms with Crippen molar-refractivity contribution in [3.05, 3.63) is 0 Å². The lowest BCUT2D eigenvalue weighted by molar-refractivity contribution is 0.176. The first kappa shape index (κ1) is 19.3. The van der Waals surface area contributed by atoms with Crippen molar-refractivity contribution in [3.8, 4) is 0 Å². The fourth-order valence-electron chi connectivity index (χ4n) is 2.14. The van der Waals surface area contributed by atoms with Gasteiger partial charge in [0.1, 0.15) is 0 Å². The van der Waals surface area contributed by atoms with Crippen LogP contribution >= 0.6 is 11.8 Å². The number of rotatable bonds is 12. The Bertz CT molecular complexity index is 183. The second-order valence-electron chi connectivity index (χ2n) is 6.28. The highest BCUT2D eigenvalue weighted by molar-refractivity contribution is 7.99. The van der Waals surface area contributed by atoms with Gasteiger partial charge in [-0.2, -0.15) is 11.8 Å².